The SMILES string of the molecule is CCCCOC(=O)c1ccc(O[C@H]2OCCO[C@@H]2Oc2ccc(C(=O)OCCCC)cc2)cc1. The number of hydrogen-bond acceptors (Lipinski definition) is 8. The molecule has 3 rings (SSSR count). The van der Waals surface area contributed by atoms with Crippen molar-refractivity contribution in [2.24, 2.45) is 0 Å². The lowest BCUT2D eigenvalue weighted by Crippen LogP contribution is -2.45. The summed E-state index contributed by atoms with van der Waals surface area (Å²) >= 11 is 0. The number of unbranched alkanes of at least 4 members (excludes halogenated alkanes) is 2. The van der Waals surface area contributed by atoms with Crippen molar-refractivity contribution in [2.45, 2.75) is 52.1 Å². The largest absolute Gasteiger partial charge is 0.462 e. The third-order valence-electron chi connectivity index (χ3n) is 5.02. The van der Waals surface area contributed by atoms with Crippen LogP contribution >= 0.6 is 0 Å². The molecule has 2 atom stereocenters. The number of ether oxygens (including phenoxy) is 6. The smallest absolute Gasteiger partial charge is 0.338 e. The van der Waals surface area contributed by atoms with E-state index < -0.39 is 12.6 Å². The molecule has 0 spiro atoms. The number of rotatable bonds is 12. The topological polar surface area (TPSA) is 89.5 Å². The second kappa shape index (κ2) is 13.6. The lowest BCUT2D eigenvalue weighted by molar-refractivity contribution is -0.271. The average Bonchev–Trinajstić information content (AvgIpc) is 2.86. The maximum atomic E-state index is 12.1. The zero-order valence-electron chi connectivity index (χ0n) is 19.7. The Morgan fingerprint density at radius 3 is 1.44 bits per heavy atom. The first-order valence-electron chi connectivity index (χ1n) is 11.7. The fraction of sp³-hybridized carbons (Fsp3) is 0.462. The third kappa shape index (κ3) is 7.74. The van der Waals surface area contributed by atoms with E-state index in [9.17, 15) is 9.59 Å². The van der Waals surface area contributed by atoms with Gasteiger partial charge in [-0.25, -0.2) is 9.59 Å². The standard InChI is InChI=1S/C26H32O8/c1-3-5-15-29-23(27)19-7-11-21(12-8-19)33-25-26(32-18-17-31-25)34-22-13-9-20(10-14-22)24(28)30-16-6-4-2/h7-14,25-26H,3-6,15-18H2,1-2H3/t25-,26-/m1/s1. The first kappa shape index (κ1) is 25.5. The van der Waals surface area contributed by atoms with Gasteiger partial charge in [0.1, 0.15) is 11.5 Å². The predicted octanol–water partition coefficient (Wildman–Crippen LogP) is 4.76. The summed E-state index contributed by atoms with van der Waals surface area (Å²) in [6.07, 6.45) is 1.97. The van der Waals surface area contributed by atoms with Gasteiger partial charge in [0, 0.05) is 0 Å². The Morgan fingerprint density at radius 2 is 1.09 bits per heavy atom. The van der Waals surface area contributed by atoms with Gasteiger partial charge in [0.15, 0.2) is 0 Å². The highest BCUT2D eigenvalue weighted by atomic mass is 16.8. The minimum absolute atomic E-state index is 0.356. The van der Waals surface area contributed by atoms with Gasteiger partial charge in [-0.1, -0.05) is 26.7 Å². The molecular weight excluding hydrogens is 440 g/mol. The molecule has 8 nitrogen and oxygen atoms in total. The van der Waals surface area contributed by atoms with Crippen LogP contribution in [0, 0.1) is 0 Å². The van der Waals surface area contributed by atoms with Crippen molar-refractivity contribution < 1.29 is 38.0 Å². The van der Waals surface area contributed by atoms with Crippen molar-refractivity contribution in [3.8, 4) is 11.5 Å². The lowest BCUT2D eigenvalue weighted by atomic mass is 10.2. The Kier molecular flexibility index (Phi) is 10.2. The number of carbonyl (C=O) groups excluding carboxylic acids is 2. The summed E-state index contributed by atoms with van der Waals surface area (Å²) in [7, 11) is 0. The van der Waals surface area contributed by atoms with Crippen LogP contribution in [-0.2, 0) is 18.9 Å². The highest BCUT2D eigenvalue weighted by Crippen LogP contribution is 2.23. The van der Waals surface area contributed by atoms with Crippen LogP contribution in [0.5, 0.6) is 11.5 Å². The van der Waals surface area contributed by atoms with Gasteiger partial charge in [0.25, 0.3) is 12.6 Å². The third-order valence-corrected chi connectivity index (χ3v) is 5.02. The van der Waals surface area contributed by atoms with Gasteiger partial charge < -0.3 is 28.4 Å². The van der Waals surface area contributed by atoms with Crippen molar-refractivity contribution >= 4 is 11.9 Å². The van der Waals surface area contributed by atoms with E-state index in [1.807, 2.05) is 13.8 Å². The molecule has 8 heteroatoms. The number of esters is 2. The monoisotopic (exact) mass is 472 g/mol. The number of hydrogen-bond donors (Lipinski definition) is 0. The summed E-state index contributed by atoms with van der Waals surface area (Å²) < 4.78 is 33.6. The van der Waals surface area contributed by atoms with E-state index >= 15 is 0 Å². The van der Waals surface area contributed by atoms with E-state index in [2.05, 4.69) is 0 Å². The average molecular weight is 473 g/mol. The van der Waals surface area contributed by atoms with Crippen molar-refractivity contribution in [1.82, 2.24) is 0 Å². The molecule has 0 bridgehead atoms. The van der Waals surface area contributed by atoms with E-state index in [1.165, 1.54) is 0 Å². The second-order valence-corrected chi connectivity index (χ2v) is 7.74. The molecule has 0 aliphatic carbocycles. The molecule has 2 aromatic carbocycles. The summed E-state index contributed by atoms with van der Waals surface area (Å²) in [5.74, 6) is 0.270. The molecule has 0 N–H and O–H groups in total. The highest BCUT2D eigenvalue weighted by Gasteiger charge is 2.31. The fourth-order valence-electron chi connectivity index (χ4n) is 3.06. The molecule has 184 valence electrons. The van der Waals surface area contributed by atoms with Crippen molar-refractivity contribution in [1.29, 1.82) is 0 Å². The van der Waals surface area contributed by atoms with Crippen LogP contribution in [0.2, 0.25) is 0 Å². The van der Waals surface area contributed by atoms with Gasteiger partial charge >= 0.3 is 11.9 Å². The van der Waals surface area contributed by atoms with E-state index in [-0.39, 0.29) is 11.9 Å². The summed E-state index contributed by atoms with van der Waals surface area (Å²) in [5.41, 5.74) is 0.899. The number of benzene rings is 2. The fourth-order valence-corrected chi connectivity index (χ4v) is 3.06. The van der Waals surface area contributed by atoms with Crippen LogP contribution in [0.4, 0.5) is 0 Å². The van der Waals surface area contributed by atoms with Crippen LogP contribution in [0.25, 0.3) is 0 Å². The first-order chi connectivity index (χ1) is 16.6. The van der Waals surface area contributed by atoms with Crippen LogP contribution in [-0.4, -0.2) is 50.9 Å². The zero-order valence-corrected chi connectivity index (χ0v) is 19.7. The summed E-state index contributed by atoms with van der Waals surface area (Å²) in [6, 6.07) is 13.2. The van der Waals surface area contributed by atoms with E-state index in [4.69, 9.17) is 28.4 Å². The van der Waals surface area contributed by atoms with Crippen LogP contribution in [0.3, 0.4) is 0 Å². The van der Waals surface area contributed by atoms with E-state index in [0.717, 1.165) is 25.7 Å². The molecule has 0 radical (unpaired) electrons. The zero-order chi connectivity index (χ0) is 24.2. The Morgan fingerprint density at radius 1 is 0.706 bits per heavy atom. The minimum atomic E-state index is -0.810. The normalized spacial score (nSPS) is 17.6. The molecule has 0 aromatic heterocycles. The predicted molar refractivity (Wildman–Crippen MR) is 124 cm³/mol. The Labute approximate surface area is 200 Å². The van der Waals surface area contributed by atoms with Crippen LogP contribution in [0.15, 0.2) is 48.5 Å². The summed E-state index contributed by atoms with van der Waals surface area (Å²) in [4.78, 5) is 24.1. The Bertz CT molecular complexity index is 819. The molecule has 0 unspecified atom stereocenters. The van der Waals surface area contributed by atoms with E-state index in [1.54, 1.807) is 48.5 Å². The van der Waals surface area contributed by atoms with Gasteiger partial charge in [-0.05, 0) is 61.4 Å². The Balaban J connectivity index is 1.55. The van der Waals surface area contributed by atoms with Crippen LogP contribution < -0.4 is 9.47 Å². The molecule has 0 amide bonds. The van der Waals surface area contributed by atoms with Gasteiger partial charge in [0.05, 0.1) is 37.6 Å². The van der Waals surface area contributed by atoms with Crippen molar-refractivity contribution in [3.05, 3.63) is 59.7 Å². The quantitative estimate of drug-likeness (QED) is 0.323. The van der Waals surface area contributed by atoms with Crippen LogP contribution in [0.1, 0.15) is 60.2 Å². The molecule has 1 aliphatic heterocycles. The van der Waals surface area contributed by atoms with Crippen molar-refractivity contribution in [3.63, 3.8) is 0 Å². The van der Waals surface area contributed by atoms with E-state index in [0.29, 0.717) is 49.1 Å². The van der Waals surface area contributed by atoms with Gasteiger partial charge in [0.2, 0.25) is 0 Å². The number of carbonyl (C=O) groups is 2. The molecular formula is C26H32O8. The Hall–Kier alpha value is -3.10. The molecule has 34 heavy (non-hydrogen) atoms. The maximum absolute atomic E-state index is 12.1. The van der Waals surface area contributed by atoms with Crippen molar-refractivity contribution in [2.75, 3.05) is 26.4 Å². The van der Waals surface area contributed by atoms with Gasteiger partial charge in [-0.2, -0.15) is 0 Å². The lowest BCUT2D eigenvalue weighted by Gasteiger charge is -2.31. The second-order valence-electron chi connectivity index (χ2n) is 7.74. The summed E-state index contributed by atoms with van der Waals surface area (Å²) in [5, 5.41) is 0. The minimum Gasteiger partial charge on any atom is -0.462 e. The highest BCUT2D eigenvalue weighted by molar-refractivity contribution is 5.90. The molecule has 2 aromatic rings. The molecule has 1 fully saturated rings. The molecule has 1 saturated heterocycles. The van der Waals surface area contributed by atoms with Gasteiger partial charge in [-0.3, -0.25) is 0 Å². The molecule has 0 saturated carbocycles. The first-order valence-corrected chi connectivity index (χ1v) is 11.7. The van der Waals surface area contributed by atoms with Gasteiger partial charge in [-0.15, -0.1) is 0 Å². The maximum Gasteiger partial charge on any atom is 0.338 e. The molecule has 1 aliphatic rings. The summed E-state index contributed by atoms with van der Waals surface area (Å²) in [6.45, 7) is 5.59. The molecule has 1 heterocycles.